The van der Waals surface area contributed by atoms with E-state index in [9.17, 15) is 0 Å². The zero-order valence-corrected chi connectivity index (χ0v) is 7.02. The van der Waals surface area contributed by atoms with E-state index in [-0.39, 0.29) is 0 Å². The van der Waals surface area contributed by atoms with E-state index in [1.54, 1.807) is 0 Å². The Labute approximate surface area is 63.2 Å². The molecule has 0 saturated carbocycles. The molecule has 0 aromatic heterocycles. The summed E-state index contributed by atoms with van der Waals surface area (Å²) in [6.45, 7) is 6.41. The summed E-state index contributed by atoms with van der Waals surface area (Å²) in [5, 5.41) is 11.0. The third kappa shape index (κ3) is 4.20. The van der Waals surface area contributed by atoms with Crippen molar-refractivity contribution in [2.45, 2.75) is 39.7 Å². The number of nitriles is 1. The molecule has 2 unspecified atom stereocenters. The molecule has 10 heavy (non-hydrogen) atoms. The van der Waals surface area contributed by atoms with Crippen LogP contribution in [0.2, 0.25) is 0 Å². The number of hydrogen-bond acceptors (Lipinski definition) is 2. The number of hydrogen-bond donors (Lipinski definition) is 1. The molecular formula is C8H16N2. The van der Waals surface area contributed by atoms with Crippen LogP contribution in [0, 0.1) is 17.4 Å². The van der Waals surface area contributed by atoms with E-state index in [4.69, 9.17) is 5.26 Å². The van der Waals surface area contributed by atoms with E-state index in [1.165, 1.54) is 6.42 Å². The van der Waals surface area contributed by atoms with Gasteiger partial charge in [-0.3, -0.25) is 0 Å². The molecule has 2 heteroatoms. The minimum atomic E-state index is 0.333. The van der Waals surface area contributed by atoms with Crippen LogP contribution < -0.4 is 5.32 Å². The monoisotopic (exact) mass is 140 g/mol. The number of nitrogens with zero attached hydrogens (tertiary/aromatic N) is 1. The topological polar surface area (TPSA) is 35.8 Å². The number of rotatable bonds is 4. The van der Waals surface area contributed by atoms with Crippen molar-refractivity contribution in [2.75, 3.05) is 0 Å². The largest absolute Gasteiger partial charge is 0.321 e. The Hall–Kier alpha value is -0.710. The van der Waals surface area contributed by atoms with Crippen LogP contribution in [0.25, 0.3) is 0 Å². The van der Waals surface area contributed by atoms with Crippen molar-refractivity contribution in [2.24, 2.45) is 5.92 Å². The summed E-state index contributed by atoms with van der Waals surface area (Å²) in [6, 6.07) is 0.333. The van der Waals surface area contributed by atoms with Gasteiger partial charge in [0.2, 0.25) is 0 Å². The first-order chi connectivity index (χ1) is 4.70. The van der Waals surface area contributed by atoms with Crippen LogP contribution in [0.4, 0.5) is 0 Å². The Bertz CT molecular complexity index is 115. The van der Waals surface area contributed by atoms with E-state index in [0.717, 1.165) is 12.3 Å². The molecule has 0 bridgehead atoms. The highest BCUT2D eigenvalue weighted by Crippen LogP contribution is 2.08. The molecule has 2 nitrogen and oxygen atoms in total. The normalized spacial score (nSPS) is 15.4. The van der Waals surface area contributed by atoms with Crippen LogP contribution in [-0.2, 0) is 0 Å². The van der Waals surface area contributed by atoms with E-state index in [2.05, 4.69) is 19.2 Å². The van der Waals surface area contributed by atoms with Crippen LogP contribution in [-0.4, -0.2) is 6.04 Å². The van der Waals surface area contributed by atoms with E-state index >= 15 is 0 Å². The molecule has 0 rings (SSSR count). The van der Waals surface area contributed by atoms with E-state index < -0.39 is 0 Å². The summed E-state index contributed by atoms with van der Waals surface area (Å²) in [5.74, 6) is 0.718. The summed E-state index contributed by atoms with van der Waals surface area (Å²) >= 11 is 0. The van der Waals surface area contributed by atoms with E-state index in [0.29, 0.717) is 6.04 Å². The molecule has 0 heterocycles. The average Bonchev–Trinajstić information content (AvgIpc) is 1.88. The van der Waals surface area contributed by atoms with Gasteiger partial charge in [-0.1, -0.05) is 20.3 Å². The van der Waals surface area contributed by atoms with Gasteiger partial charge in [0.1, 0.15) is 0 Å². The molecule has 58 valence electrons. The second-order valence-electron chi connectivity index (χ2n) is 2.91. The maximum absolute atomic E-state index is 8.26. The Kier molecular flexibility index (Phi) is 4.74. The number of nitrogens with one attached hydrogen (secondary N) is 1. The van der Waals surface area contributed by atoms with Gasteiger partial charge in [-0.15, -0.1) is 0 Å². The molecule has 0 aliphatic heterocycles. The van der Waals surface area contributed by atoms with Gasteiger partial charge in [0.05, 0.1) is 0 Å². The van der Waals surface area contributed by atoms with Crippen molar-refractivity contribution >= 4 is 0 Å². The first-order valence-electron chi connectivity index (χ1n) is 3.85. The maximum Gasteiger partial charge on any atom is 0.176 e. The highest BCUT2D eigenvalue weighted by Gasteiger charge is 2.04. The zero-order valence-electron chi connectivity index (χ0n) is 7.02. The third-order valence-electron chi connectivity index (χ3n) is 1.76. The van der Waals surface area contributed by atoms with Crippen LogP contribution in [0.3, 0.4) is 0 Å². The Morgan fingerprint density at radius 3 is 2.50 bits per heavy atom. The summed E-state index contributed by atoms with van der Waals surface area (Å²) in [5.41, 5.74) is 0. The van der Waals surface area contributed by atoms with Crippen molar-refractivity contribution < 1.29 is 0 Å². The summed E-state index contributed by atoms with van der Waals surface area (Å²) in [4.78, 5) is 0. The molecule has 0 aromatic rings. The van der Waals surface area contributed by atoms with Gasteiger partial charge in [0.25, 0.3) is 0 Å². The second-order valence-corrected chi connectivity index (χ2v) is 2.91. The highest BCUT2D eigenvalue weighted by atomic mass is 14.9. The molecule has 0 amide bonds. The van der Waals surface area contributed by atoms with E-state index in [1.807, 2.05) is 13.1 Å². The standard InChI is InChI=1S/C8H16N2/c1-4-7(2)5-8(3)10-6-9/h7-8,10H,4-5H2,1-3H3. The lowest BCUT2D eigenvalue weighted by Gasteiger charge is -2.13. The predicted molar refractivity (Wildman–Crippen MR) is 42.3 cm³/mol. The second kappa shape index (κ2) is 5.10. The SMILES string of the molecule is CCC(C)CC(C)NC#N. The van der Waals surface area contributed by atoms with Gasteiger partial charge >= 0.3 is 0 Å². The highest BCUT2D eigenvalue weighted by molar-refractivity contribution is 4.73. The quantitative estimate of drug-likeness (QED) is 0.478. The Morgan fingerprint density at radius 2 is 2.10 bits per heavy atom. The first kappa shape index (κ1) is 9.29. The Morgan fingerprint density at radius 1 is 1.50 bits per heavy atom. The van der Waals surface area contributed by atoms with Crippen LogP contribution in [0.5, 0.6) is 0 Å². The van der Waals surface area contributed by atoms with Gasteiger partial charge in [-0.25, -0.2) is 0 Å². The lowest BCUT2D eigenvalue weighted by atomic mass is 10.0. The van der Waals surface area contributed by atoms with Crippen molar-refractivity contribution in [3.8, 4) is 6.19 Å². The molecular weight excluding hydrogens is 124 g/mol. The molecule has 0 saturated heterocycles. The fourth-order valence-corrected chi connectivity index (χ4v) is 0.939. The van der Waals surface area contributed by atoms with Crippen molar-refractivity contribution in [3.05, 3.63) is 0 Å². The smallest absolute Gasteiger partial charge is 0.176 e. The minimum Gasteiger partial charge on any atom is -0.321 e. The van der Waals surface area contributed by atoms with Crippen LogP contribution in [0.15, 0.2) is 0 Å². The fraction of sp³-hybridized carbons (Fsp3) is 0.875. The van der Waals surface area contributed by atoms with Crippen molar-refractivity contribution in [1.29, 1.82) is 5.26 Å². The molecule has 0 aliphatic carbocycles. The molecule has 0 aromatic carbocycles. The van der Waals surface area contributed by atoms with Gasteiger partial charge in [-0.2, -0.15) is 5.26 Å². The van der Waals surface area contributed by atoms with Crippen molar-refractivity contribution in [1.82, 2.24) is 5.32 Å². The average molecular weight is 140 g/mol. The van der Waals surface area contributed by atoms with Gasteiger partial charge in [0.15, 0.2) is 6.19 Å². The molecule has 0 fully saturated rings. The van der Waals surface area contributed by atoms with Gasteiger partial charge < -0.3 is 5.32 Å². The van der Waals surface area contributed by atoms with Gasteiger partial charge in [0, 0.05) is 6.04 Å². The van der Waals surface area contributed by atoms with Crippen LogP contribution >= 0.6 is 0 Å². The lowest BCUT2D eigenvalue weighted by molar-refractivity contribution is 0.444. The predicted octanol–water partition coefficient (Wildman–Crippen LogP) is 1.88. The van der Waals surface area contributed by atoms with Crippen molar-refractivity contribution in [3.63, 3.8) is 0 Å². The molecule has 1 N–H and O–H groups in total. The first-order valence-corrected chi connectivity index (χ1v) is 3.85. The summed E-state index contributed by atoms with van der Waals surface area (Å²) < 4.78 is 0. The van der Waals surface area contributed by atoms with Gasteiger partial charge in [-0.05, 0) is 19.3 Å². The lowest BCUT2D eigenvalue weighted by Crippen LogP contribution is -2.22. The Balaban J connectivity index is 3.38. The summed E-state index contributed by atoms with van der Waals surface area (Å²) in [7, 11) is 0. The molecule has 0 radical (unpaired) electrons. The third-order valence-corrected chi connectivity index (χ3v) is 1.76. The minimum absolute atomic E-state index is 0.333. The molecule has 0 spiro atoms. The fourth-order valence-electron chi connectivity index (χ4n) is 0.939. The summed E-state index contributed by atoms with van der Waals surface area (Å²) in [6.07, 6.45) is 4.23. The maximum atomic E-state index is 8.26. The molecule has 2 atom stereocenters. The van der Waals surface area contributed by atoms with Crippen LogP contribution in [0.1, 0.15) is 33.6 Å². The molecule has 0 aliphatic rings. The zero-order chi connectivity index (χ0) is 7.98.